The lowest BCUT2D eigenvalue weighted by atomic mass is 10.1. The summed E-state index contributed by atoms with van der Waals surface area (Å²) in [5.74, 6) is -0.469. The van der Waals surface area contributed by atoms with Gasteiger partial charge in [-0.2, -0.15) is 0 Å². The van der Waals surface area contributed by atoms with Crippen molar-refractivity contribution in [2.24, 2.45) is 11.7 Å². The van der Waals surface area contributed by atoms with Crippen LogP contribution in [0.2, 0.25) is 0 Å². The molecule has 0 unspecified atom stereocenters. The number of rotatable bonds is 9. The van der Waals surface area contributed by atoms with E-state index in [4.69, 9.17) is 10.5 Å². The van der Waals surface area contributed by atoms with E-state index in [1.807, 2.05) is 18.7 Å². The number of hydrogen-bond acceptors (Lipinski definition) is 6. The van der Waals surface area contributed by atoms with Crippen LogP contribution >= 0.6 is 0 Å². The Labute approximate surface area is 149 Å². The highest BCUT2D eigenvalue weighted by atomic mass is 16.5. The average molecular weight is 357 g/mol. The third-order valence-corrected chi connectivity index (χ3v) is 4.16. The van der Waals surface area contributed by atoms with Crippen molar-refractivity contribution in [2.45, 2.75) is 19.9 Å². The number of methoxy groups -OCH3 is 1. The van der Waals surface area contributed by atoms with E-state index in [9.17, 15) is 14.4 Å². The summed E-state index contributed by atoms with van der Waals surface area (Å²) in [6, 6.07) is -0.610. The second-order valence-electron chi connectivity index (χ2n) is 6.49. The lowest BCUT2D eigenvalue weighted by Crippen LogP contribution is -2.54. The van der Waals surface area contributed by atoms with Crippen LogP contribution in [0.4, 0.5) is 0 Å². The van der Waals surface area contributed by atoms with Crippen molar-refractivity contribution >= 4 is 17.7 Å². The van der Waals surface area contributed by atoms with E-state index in [-0.39, 0.29) is 30.2 Å². The molecule has 144 valence electrons. The van der Waals surface area contributed by atoms with Gasteiger partial charge in [0.05, 0.1) is 25.7 Å². The van der Waals surface area contributed by atoms with E-state index >= 15 is 0 Å². The van der Waals surface area contributed by atoms with Gasteiger partial charge in [0.15, 0.2) is 0 Å². The average Bonchev–Trinajstić information content (AvgIpc) is 2.59. The Hall–Kier alpha value is -1.71. The molecule has 0 bridgehead atoms. The highest BCUT2D eigenvalue weighted by molar-refractivity contribution is 5.87. The number of nitrogens with two attached hydrogens (primary N) is 1. The van der Waals surface area contributed by atoms with Crippen LogP contribution in [0.5, 0.6) is 0 Å². The first-order valence-corrected chi connectivity index (χ1v) is 8.64. The van der Waals surface area contributed by atoms with Crippen LogP contribution in [0.1, 0.15) is 13.8 Å². The molecule has 1 fully saturated rings. The summed E-state index contributed by atoms with van der Waals surface area (Å²) < 4.78 is 4.88. The summed E-state index contributed by atoms with van der Waals surface area (Å²) in [5.41, 5.74) is 5.74. The number of carbonyl (C=O) groups excluding carboxylic acids is 3. The smallest absolute Gasteiger partial charge is 0.242 e. The van der Waals surface area contributed by atoms with Gasteiger partial charge in [-0.05, 0) is 5.92 Å². The van der Waals surface area contributed by atoms with Crippen molar-refractivity contribution in [3.8, 4) is 0 Å². The van der Waals surface area contributed by atoms with E-state index in [1.165, 1.54) is 0 Å². The molecule has 1 aliphatic heterocycles. The standard InChI is InChI=1S/C16H31N5O4/c1-12(2)15(17)16(24)19-10-14(23)21-7-5-20(6-8-21)11-13(22)18-4-9-25-3/h12,15H,4-11,17H2,1-3H3,(H,18,22)(H,19,24)/t15-/m0/s1. The van der Waals surface area contributed by atoms with Crippen LogP contribution in [-0.4, -0.2) is 93.1 Å². The highest BCUT2D eigenvalue weighted by Crippen LogP contribution is 2.02. The number of nitrogens with zero attached hydrogens (tertiary/aromatic N) is 2. The minimum absolute atomic E-state index is 0.0219. The van der Waals surface area contributed by atoms with E-state index in [2.05, 4.69) is 10.6 Å². The molecule has 4 N–H and O–H groups in total. The van der Waals surface area contributed by atoms with E-state index in [0.717, 1.165) is 0 Å². The molecule has 0 aliphatic carbocycles. The lowest BCUT2D eigenvalue weighted by molar-refractivity contribution is -0.135. The maximum Gasteiger partial charge on any atom is 0.242 e. The summed E-state index contributed by atoms with van der Waals surface area (Å²) in [4.78, 5) is 39.4. The van der Waals surface area contributed by atoms with E-state index in [0.29, 0.717) is 45.9 Å². The lowest BCUT2D eigenvalue weighted by Gasteiger charge is -2.34. The fourth-order valence-electron chi connectivity index (χ4n) is 2.40. The van der Waals surface area contributed by atoms with Crippen LogP contribution in [0.15, 0.2) is 0 Å². The second kappa shape index (κ2) is 11.0. The summed E-state index contributed by atoms with van der Waals surface area (Å²) in [7, 11) is 1.58. The molecule has 1 atom stereocenters. The molecule has 0 radical (unpaired) electrons. The van der Waals surface area contributed by atoms with Gasteiger partial charge in [0.25, 0.3) is 0 Å². The fraction of sp³-hybridized carbons (Fsp3) is 0.812. The second-order valence-corrected chi connectivity index (χ2v) is 6.49. The van der Waals surface area contributed by atoms with Gasteiger partial charge >= 0.3 is 0 Å². The number of amides is 3. The quantitative estimate of drug-likeness (QED) is 0.411. The van der Waals surface area contributed by atoms with Gasteiger partial charge in [-0.3, -0.25) is 19.3 Å². The Morgan fingerprint density at radius 3 is 2.32 bits per heavy atom. The van der Waals surface area contributed by atoms with Gasteiger partial charge in [0.1, 0.15) is 0 Å². The molecule has 1 saturated heterocycles. The summed E-state index contributed by atoms with van der Waals surface area (Å²) in [6.07, 6.45) is 0. The molecule has 25 heavy (non-hydrogen) atoms. The maximum absolute atomic E-state index is 12.2. The Bertz CT molecular complexity index is 450. The first-order chi connectivity index (χ1) is 11.8. The first-order valence-electron chi connectivity index (χ1n) is 8.64. The summed E-state index contributed by atoms with van der Waals surface area (Å²) in [5, 5.41) is 5.36. The third kappa shape index (κ3) is 7.80. The molecule has 0 aromatic rings. The molecule has 9 heteroatoms. The largest absolute Gasteiger partial charge is 0.383 e. The molecule has 1 aliphatic rings. The molecule has 3 amide bonds. The van der Waals surface area contributed by atoms with Crippen molar-refractivity contribution in [1.29, 1.82) is 0 Å². The number of ether oxygens (including phenoxy) is 1. The molecule has 0 aromatic carbocycles. The van der Waals surface area contributed by atoms with Crippen LogP contribution in [0, 0.1) is 5.92 Å². The monoisotopic (exact) mass is 357 g/mol. The normalized spacial score (nSPS) is 16.6. The topological polar surface area (TPSA) is 117 Å². The minimum Gasteiger partial charge on any atom is -0.383 e. The van der Waals surface area contributed by atoms with Crippen molar-refractivity contribution in [3.05, 3.63) is 0 Å². The highest BCUT2D eigenvalue weighted by Gasteiger charge is 2.23. The number of nitrogens with one attached hydrogen (secondary N) is 2. The van der Waals surface area contributed by atoms with E-state index in [1.54, 1.807) is 12.0 Å². The van der Waals surface area contributed by atoms with Crippen molar-refractivity contribution < 1.29 is 19.1 Å². The Morgan fingerprint density at radius 1 is 1.12 bits per heavy atom. The van der Waals surface area contributed by atoms with Crippen LogP contribution in [0.25, 0.3) is 0 Å². The summed E-state index contributed by atoms with van der Waals surface area (Å²) >= 11 is 0. The van der Waals surface area contributed by atoms with Gasteiger partial charge in [0.2, 0.25) is 17.7 Å². The van der Waals surface area contributed by atoms with Crippen LogP contribution in [-0.2, 0) is 19.1 Å². The number of carbonyl (C=O) groups is 3. The minimum atomic E-state index is -0.610. The third-order valence-electron chi connectivity index (χ3n) is 4.16. The molecule has 0 saturated carbocycles. The molecule has 0 aromatic heterocycles. The molecule has 1 rings (SSSR count). The zero-order chi connectivity index (χ0) is 18.8. The summed E-state index contributed by atoms with van der Waals surface area (Å²) in [6.45, 7) is 7.29. The van der Waals surface area contributed by atoms with Crippen molar-refractivity contribution in [1.82, 2.24) is 20.4 Å². The maximum atomic E-state index is 12.2. The molecule has 1 heterocycles. The molecule has 9 nitrogen and oxygen atoms in total. The van der Waals surface area contributed by atoms with Gasteiger partial charge < -0.3 is 26.0 Å². The zero-order valence-corrected chi connectivity index (χ0v) is 15.4. The van der Waals surface area contributed by atoms with Crippen LogP contribution in [0.3, 0.4) is 0 Å². The van der Waals surface area contributed by atoms with Gasteiger partial charge in [-0.1, -0.05) is 13.8 Å². The van der Waals surface area contributed by atoms with Crippen molar-refractivity contribution in [3.63, 3.8) is 0 Å². The first kappa shape index (κ1) is 21.3. The molecule has 0 spiro atoms. The number of hydrogen-bond donors (Lipinski definition) is 3. The Kier molecular flexibility index (Phi) is 9.40. The SMILES string of the molecule is COCCNC(=O)CN1CCN(C(=O)CNC(=O)[C@@H](N)C(C)C)CC1. The fourth-order valence-corrected chi connectivity index (χ4v) is 2.40. The zero-order valence-electron chi connectivity index (χ0n) is 15.4. The predicted octanol–water partition coefficient (Wildman–Crippen LogP) is -2.01. The van der Waals surface area contributed by atoms with Crippen molar-refractivity contribution in [2.75, 3.05) is 59.5 Å². The predicted molar refractivity (Wildman–Crippen MR) is 93.7 cm³/mol. The number of piperazine rings is 1. The Balaban J connectivity index is 2.25. The van der Waals surface area contributed by atoms with E-state index < -0.39 is 6.04 Å². The molecular formula is C16H31N5O4. The van der Waals surface area contributed by atoms with Gasteiger partial charge in [-0.25, -0.2) is 0 Å². The van der Waals surface area contributed by atoms with Gasteiger partial charge in [0, 0.05) is 39.8 Å². The molecular weight excluding hydrogens is 326 g/mol. The van der Waals surface area contributed by atoms with Gasteiger partial charge in [-0.15, -0.1) is 0 Å². The van der Waals surface area contributed by atoms with Crippen LogP contribution < -0.4 is 16.4 Å². The Morgan fingerprint density at radius 2 is 1.76 bits per heavy atom.